The second kappa shape index (κ2) is 2.83. The third-order valence-electron chi connectivity index (χ3n) is 1.89. The number of rotatable bonds is 0. The van der Waals surface area contributed by atoms with Gasteiger partial charge in [0.25, 0.3) is 5.91 Å². The third kappa shape index (κ3) is 1.45. The molecule has 0 N–H and O–H groups in total. The first-order valence-electron chi connectivity index (χ1n) is 3.62. The normalized spacial score (nSPS) is 31.0. The summed E-state index contributed by atoms with van der Waals surface area (Å²) in [5.74, 6) is -0.660. The van der Waals surface area contributed by atoms with Crippen molar-refractivity contribution in [2.45, 2.75) is 20.3 Å². The minimum atomic E-state index is -0.515. The van der Waals surface area contributed by atoms with E-state index >= 15 is 0 Å². The van der Waals surface area contributed by atoms with Gasteiger partial charge in [0.05, 0.1) is 6.07 Å². The first-order valence-corrected chi connectivity index (χ1v) is 3.62. The molecule has 1 aliphatic heterocycles. The Kier molecular flexibility index (Phi) is 2.04. The van der Waals surface area contributed by atoms with Gasteiger partial charge in [-0.2, -0.15) is 5.26 Å². The van der Waals surface area contributed by atoms with Crippen molar-refractivity contribution in [2.75, 3.05) is 0 Å². The SMILES string of the molecule is CC1=NC(=O)C(C#N)C(C)C1. The first-order chi connectivity index (χ1) is 5.15. The molecule has 2 unspecified atom stereocenters. The summed E-state index contributed by atoms with van der Waals surface area (Å²) in [6, 6.07) is 1.97. The zero-order valence-corrected chi connectivity index (χ0v) is 6.66. The van der Waals surface area contributed by atoms with Crippen molar-refractivity contribution in [3.8, 4) is 6.07 Å². The van der Waals surface area contributed by atoms with E-state index in [1.54, 1.807) is 0 Å². The minimum absolute atomic E-state index is 0.130. The Balaban J connectivity index is 2.88. The van der Waals surface area contributed by atoms with E-state index in [9.17, 15) is 4.79 Å². The standard InChI is InChI=1S/C8H10N2O/c1-5-3-6(2)10-8(11)7(5)4-9/h5,7H,3H2,1-2H3. The Bertz CT molecular complexity index is 249. The van der Waals surface area contributed by atoms with E-state index < -0.39 is 5.92 Å². The van der Waals surface area contributed by atoms with Gasteiger partial charge < -0.3 is 0 Å². The molecule has 3 heteroatoms. The third-order valence-corrected chi connectivity index (χ3v) is 1.89. The zero-order valence-electron chi connectivity index (χ0n) is 6.66. The van der Waals surface area contributed by atoms with Crippen LogP contribution in [0.5, 0.6) is 0 Å². The largest absolute Gasteiger partial charge is 0.271 e. The van der Waals surface area contributed by atoms with Crippen molar-refractivity contribution in [1.82, 2.24) is 0 Å². The van der Waals surface area contributed by atoms with E-state index in [4.69, 9.17) is 5.26 Å². The van der Waals surface area contributed by atoms with Crippen LogP contribution in [0.2, 0.25) is 0 Å². The van der Waals surface area contributed by atoms with E-state index in [1.807, 2.05) is 19.9 Å². The fourth-order valence-corrected chi connectivity index (χ4v) is 1.31. The molecule has 0 radical (unpaired) electrons. The predicted octanol–water partition coefficient (Wildman–Crippen LogP) is 1.15. The van der Waals surface area contributed by atoms with Crippen LogP contribution in [0.3, 0.4) is 0 Å². The maximum atomic E-state index is 11.0. The molecule has 11 heavy (non-hydrogen) atoms. The van der Waals surface area contributed by atoms with Crippen molar-refractivity contribution in [3.05, 3.63) is 0 Å². The molecule has 1 rings (SSSR count). The summed E-state index contributed by atoms with van der Waals surface area (Å²) in [7, 11) is 0. The van der Waals surface area contributed by atoms with Gasteiger partial charge in [0, 0.05) is 5.71 Å². The summed E-state index contributed by atoms with van der Waals surface area (Å²) in [6.07, 6.45) is 0.768. The van der Waals surface area contributed by atoms with Crippen LogP contribution in [-0.2, 0) is 4.79 Å². The van der Waals surface area contributed by atoms with Gasteiger partial charge >= 0.3 is 0 Å². The summed E-state index contributed by atoms with van der Waals surface area (Å²) >= 11 is 0. The Labute approximate surface area is 65.7 Å². The molecule has 3 nitrogen and oxygen atoms in total. The second-order valence-corrected chi connectivity index (χ2v) is 2.97. The molecule has 0 spiro atoms. The molecule has 1 aliphatic rings. The molecule has 0 aliphatic carbocycles. The van der Waals surface area contributed by atoms with Gasteiger partial charge in [0.1, 0.15) is 5.92 Å². The summed E-state index contributed by atoms with van der Waals surface area (Å²) in [6.45, 7) is 3.73. The molecule has 1 heterocycles. The number of carbonyl (C=O) groups excluding carboxylic acids is 1. The first kappa shape index (κ1) is 7.93. The fraction of sp³-hybridized carbons (Fsp3) is 0.625. The Morgan fingerprint density at radius 2 is 2.36 bits per heavy atom. The maximum Gasteiger partial charge on any atom is 0.263 e. The molecule has 1 amide bonds. The lowest BCUT2D eigenvalue weighted by molar-refractivity contribution is -0.121. The molecule has 0 saturated carbocycles. The predicted molar refractivity (Wildman–Crippen MR) is 41.0 cm³/mol. The van der Waals surface area contributed by atoms with Gasteiger partial charge in [-0.15, -0.1) is 0 Å². The molecule has 0 aromatic rings. The summed E-state index contributed by atoms with van der Waals surface area (Å²) < 4.78 is 0. The van der Waals surface area contributed by atoms with Crippen molar-refractivity contribution in [2.24, 2.45) is 16.8 Å². The van der Waals surface area contributed by atoms with Crippen LogP contribution in [0.25, 0.3) is 0 Å². The summed E-state index contributed by atoms with van der Waals surface area (Å²) in [4.78, 5) is 14.8. The van der Waals surface area contributed by atoms with Gasteiger partial charge in [0.2, 0.25) is 0 Å². The topological polar surface area (TPSA) is 53.2 Å². The molecule has 0 aromatic carbocycles. The smallest absolute Gasteiger partial charge is 0.263 e. The van der Waals surface area contributed by atoms with Crippen LogP contribution >= 0.6 is 0 Å². The molecule has 0 saturated heterocycles. The molecular weight excluding hydrogens is 140 g/mol. The van der Waals surface area contributed by atoms with E-state index in [1.165, 1.54) is 0 Å². The minimum Gasteiger partial charge on any atom is -0.271 e. The number of carbonyl (C=O) groups is 1. The maximum absolute atomic E-state index is 11.0. The monoisotopic (exact) mass is 150 g/mol. The van der Waals surface area contributed by atoms with Crippen LogP contribution in [0.15, 0.2) is 4.99 Å². The van der Waals surface area contributed by atoms with E-state index in [0.717, 1.165) is 12.1 Å². The van der Waals surface area contributed by atoms with Crippen LogP contribution < -0.4 is 0 Å². The van der Waals surface area contributed by atoms with Gasteiger partial charge in [-0.1, -0.05) is 6.92 Å². The highest BCUT2D eigenvalue weighted by atomic mass is 16.1. The van der Waals surface area contributed by atoms with E-state index in [0.29, 0.717) is 0 Å². The number of hydrogen-bond donors (Lipinski definition) is 0. The van der Waals surface area contributed by atoms with Crippen molar-refractivity contribution in [3.63, 3.8) is 0 Å². The number of nitrogens with zero attached hydrogens (tertiary/aromatic N) is 2. The van der Waals surface area contributed by atoms with Crippen molar-refractivity contribution < 1.29 is 4.79 Å². The number of aliphatic imine (C=N–C) groups is 1. The molecule has 0 bridgehead atoms. The average Bonchev–Trinajstić information content (AvgIpc) is 1.85. The quantitative estimate of drug-likeness (QED) is 0.520. The van der Waals surface area contributed by atoms with Gasteiger partial charge in [-0.25, -0.2) is 4.99 Å². The van der Waals surface area contributed by atoms with Crippen LogP contribution in [0, 0.1) is 23.2 Å². The van der Waals surface area contributed by atoms with E-state index in [2.05, 4.69) is 4.99 Å². The highest BCUT2D eigenvalue weighted by Gasteiger charge is 2.28. The average molecular weight is 150 g/mol. The number of amides is 1. The lowest BCUT2D eigenvalue weighted by Gasteiger charge is -2.18. The van der Waals surface area contributed by atoms with Crippen molar-refractivity contribution in [1.29, 1.82) is 5.26 Å². The summed E-state index contributed by atoms with van der Waals surface area (Å²) in [5.41, 5.74) is 0.842. The molecule has 2 atom stereocenters. The highest BCUT2D eigenvalue weighted by Crippen LogP contribution is 2.21. The second-order valence-electron chi connectivity index (χ2n) is 2.97. The lowest BCUT2D eigenvalue weighted by atomic mass is 9.88. The van der Waals surface area contributed by atoms with E-state index in [-0.39, 0.29) is 11.8 Å². The molecule has 0 fully saturated rings. The molecule has 58 valence electrons. The van der Waals surface area contributed by atoms with Gasteiger partial charge in [0.15, 0.2) is 0 Å². The molecule has 0 aromatic heterocycles. The van der Waals surface area contributed by atoms with Gasteiger partial charge in [-0.05, 0) is 19.3 Å². The Morgan fingerprint density at radius 1 is 1.73 bits per heavy atom. The van der Waals surface area contributed by atoms with Crippen molar-refractivity contribution >= 4 is 11.6 Å². The Hall–Kier alpha value is -1.17. The highest BCUT2D eigenvalue weighted by molar-refractivity contribution is 5.99. The number of hydrogen-bond acceptors (Lipinski definition) is 2. The van der Waals surface area contributed by atoms with Gasteiger partial charge in [-0.3, -0.25) is 4.79 Å². The van der Waals surface area contributed by atoms with Crippen LogP contribution in [0.1, 0.15) is 20.3 Å². The van der Waals surface area contributed by atoms with Crippen LogP contribution in [0.4, 0.5) is 0 Å². The molecular formula is C8H10N2O. The lowest BCUT2D eigenvalue weighted by Crippen LogP contribution is -2.26. The van der Waals surface area contributed by atoms with Crippen LogP contribution in [-0.4, -0.2) is 11.6 Å². The fourth-order valence-electron chi connectivity index (χ4n) is 1.31. The Morgan fingerprint density at radius 3 is 2.82 bits per heavy atom. The summed E-state index contributed by atoms with van der Waals surface area (Å²) in [5, 5.41) is 8.58. The number of nitriles is 1. The zero-order chi connectivity index (χ0) is 8.43.